The van der Waals surface area contributed by atoms with Gasteiger partial charge >= 0.3 is 12.1 Å². The zero-order chi connectivity index (χ0) is 25.6. The highest BCUT2D eigenvalue weighted by Gasteiger charge is 2.35. The lowest BCUT2D eigenvalue weighted by atomic mass is 9.99. The molecule has 184 valence electrons. The SMILES string of the molecule is CC(C)(C)OC(=O)N1CCCC[C@H]1C(=O)N[C@H](C#N)Cc1ccc(-c2ccc(C(=O)O)cc2)cc1. The lowest BCUT2D eigenvalue weighted by Crippen LogP contribution is -2.54. The number of carbonyl (C=O) groups excluding carboxylic acids is 2. The molecular formula is C27H31N3O5. The summed E-state index contributed by atoms with van der Waals surface area (Å²) in [7, 11) is 0. The zero-order valence-corrected chi connectivity index (χ0v) is 20.3. The molecule has 1 saturated heterocycles. The van der Waals surface area contributed by atoms with Gasteiger partial charge in [-0.3, -0.25) is 9.69 Å². The van der Waals surface area contributed by atoms with Crippen LogP contribution >= 0.6 is 0 Å². The number of carboxylic acids is 1. The van der Waals surface area contributed by atoms with Gasteiger partial charge < -0.3 is 15.2 Å². The van der Waals surface area contributed by atoms with Crippen LogP contribution < -0.4 is 5.32 Å². The molecule has 2 amide bonds. The van der Waals surface area contributed by atoms with Crippen molar-refractivity contribution in [3.05, 3.63) is 59.7 Å². The van der Waals surface area contributed by atoms with Gasteiger partial charge in [0.1, 0.15) is 17.7 Å². The van der Waals surface area contributed by atoms with Crippen LogP contribution in [0.3, 0.4) is 0 Å². The normalized spacial score (nSPS) is 16.6. The summed E-state index contributed by atoms with van der Waals surface area (Å²) in [4.78, 5) is 38.1. The van der Waals surface area contributed by atoms with E-state index in [0.717, 1.165) is 29.5 Å². The van der Waals surface area contributed by atoms with Crippen LogP contribution in [0.25, 0.3) is 11.1 Å². The van der Waals surface area contributed by atoms with E-state index in [1.54, 1.807) is 45.0 Å². The van der Waals surface area contributed by atoms with Crippen molar-refractivity contribution < 1.29 is 24.2 Å². The maximum Gasteiger partial charge on any atom is 0.410 e. The second-order valence-corrected chi connectivity index (χ2v) is 9.66. The molecule has 2 atom stereocenters. The highest BCUT2D eigenvalue weighted by Crippen LogP contribution is 2.22. The lowest BCUT2D eigenvalue weighted by molar-refractivity contribution is -0.128. The summed E-state index contributed by atoms with van der Waals surface area (Å²) in [5, 5.41) is 21.5. The Bertz CT molecular complexity index is 1100. The van der Waals surface area contributed by atoms with Crippen LogP contribution in [-0.4, -0.2) is 52.2 Å². The summed E-state index contributed by atoms with van der Waals surface area (Å²) < 4.78 is 5.46. The first-order valence-electron chi connectivity index (χ1n) is 11.7. The highest BCUT2D eigenvalue weighted by atomic mass is 16.6. The monoisotopic (exact) mass is 477 g/mol. The first kappa shape index (κ1) is 25.8. The third-order valence-corrected chi connectivity index (χ3v) is 5.76. The second kappa shape index (κ2) is 11.0. The Morgan fingerprint density at radius 2 is 1.69 bits per heavy atom. The van der Waals surface area contributed by atoms with E-state index < -0.39 is 29.7 Å². The molecule has 3 rings (SSSR count). The van der Waals surface area contributed by atoms with E-state index in [0.29, 0.717) is 19.4 Å². The third kappa shape index (κ3) is 7.06. The van der Waals surface area contributed by atoms with Crippen molar-refractivity contribution in [1.29, 1.82) is 5.26 Å². The molecule has 0 unspecified atom stereocenters. The van der Waals surface area contributed by atoms with E-state index in [-0.39, 0.29) is 11.5 Å². The van der Waals surface area contributed by atoms with Gasteiger partial charge in [0.05, 0.1) is 11.6 Å². The molecule has 35 heavy (non-hydrogen) atoms. The molecule has 2 aromatic rings. The molecule has 1 aliphatic rings. The summed E-state index contributed by atoms with van der Waals surface area (Å²) >= 11 is 0. The highest BCUT2D eigenvalue weighted by molar-refractivity contribution is 5.88. The minimum Gasteiger partial charge on any atom is -0.478 e. The molecule has 8 heteroatoms. The van der Waals surface area contributed by atoms with E-state index in [1.165, 1.54) is 4.90 Å². The summed E-state index contributed by atoms with van der Waals surface area (Å²) in [6, 6.07) is 14.9. The number of hydrogen-bond donors (Lipinski definition) is 2. The van der Waals surface area contributed by atoms with Crippen molar-refractivity contribution in [2.45, 2.75) is 64.1 Å². The van der Waals surface area contributed by atoms with Crippen molar-refractivity contribution in [3.63, 3.8) is 0 Å². The van der Waals surface area contributed by atoms with Gasteiger partial charge in [0, 0.05) is 13.0 Å². The van der Waals surface area contributed by atoms with Crippen LogP contribution in [0.2, 0.25) is 0 Å². The molecule has 8 nitrogen and oxygen atoms in total. The number of benzene rings is 2. The Hall–Kier alpha value is -3.86. The molecule has 2 N–H and O–H groups in total. The van der Waals surface area contributed by atoms with Gasteiger partial charge in [-0.2, -0.15) is 5.26 Å². The number of rotatable bonds is 6. The zero-order valence-electron chi connectivity index (χ0n) is 20.3. The van der Waals surface area contributed by atoms with Crippen LogP contribution in [0, 0.1) is 11.3 Å². The minimum absolute atomic E-state index is 0.223. The first-order chi connectivity index (χ1) is 16.6. The smallest absolute Gasteiger partial charge is 0.410 e. The average Bonchev–Trinajstić information content (AvgIpc) is 2.83. The molecule has 0 bridgehead atoms. The number of aromatic carboxylic acids is 1. The van der Waals surface area contributed by atoms with Crippen molar-refractivity contribution in [3.8, 4) is 17.2 Å². The van der Waals surface area contributed by atoms with E-state index in [1.807, 2.05) is 24.3 Å². The Kier molecular flexibility index (Phi) is 8.13. The Morgan fingerprint density at radius 1 is 1.09 bits per heavy atom. The number of ether oxygens (including phenoxy) is 1. The summed E-state index contributed by atoms with van der Waals surface area (Å²) in [6.07, 6.45) is 1.95. The predicted octanol–water partition coefficient (Wildman–Crippen LogP) is 4.39. The molecule has 2 aromatic carbocycles. The molecule has 0 spiro atoms. The fraction of sp³-hybridized carbons (Fsp3) is 0.407. The predicted molar refractivity (Wildman–Crippen MR) is 131 cm³/mol. The molecular weight excluding hydrogens is 446 g/mol. The Morgan fingerprint density at radius 3 is 2.23 bits per heavy atom. The van der Waals surface area contributed by atoms with E-state index >= 15 is 0 Å². The summed E-state index contributed by atoms with van der Waals surface area (Å²) in [5.74, 6) is -1.32. The topological polar surface area (TPSA) is 120 Å². The maximum absolute atomic E-state index is 13.0. The van der Waals surface area contributed by atoms with E-state index in [9.17, 15) is 19.6 Å². The fourth-order valence-electron chi connectivity index (χ4n) is 4.01. The van der Waals surface area contributed by atoms with Gasteiger partial charge in [-0.25, -0.2) is 9.59 Å². The average molecular weight is 478 g/mol. The van der Waals surface area contributed by atoms with Gasteiger partial charge in [0.25, 0.3) is 0 Å². The minimum atomic E-state index is -0.973. The third-order valence-electron chi connectivity index (χ3n) is 5.76. The van der Waals surface area contributed by atoms with Gasteiger partial charge in [-0.15, -0.1) is 0 Å². The van der Waals surface area contributed by atoms with Gasteiger partial charge in [0.15, 0.2) is 0 Å². The molecule has 0 aromatic heterocycles. The van der Waals surface area contributed by atoms with Crippen molar-refractivity contribution in [2.75, 3.05) is 6.54 Å². The largest absolute Gasteiger partial charge is 0.478 e. The standard InChI is InChI=1S/C27H31N3O5/c1-27(2,3)35-26(34)30-15-5-4-6-23(30)24(31)29-22(17-28)16-18-7-9-19(10-8-18)20-11-13-21(14-12-20)25(32)33/h7-14,22-23H,4-6,15-16H2,1-3H3,(H,29,31)(H,32,33)/t22-,23-/m0/s1. The lowest BCUT2D eigenvalue weighted by Gasteiger charge is -2.36. The van der Waals surface area contributed by atoms with E-state index in [4.69, 9.17) is 9.84 Å². The van der Waals surface area contributed by atoms with Gasteiger partial charge in [-0.05, 0) is 68.9 Å². The van der Waals surface area contributed by atoms with Crippen LogP contribution in [0.15, 0.2) is 48.5 Å². The number of nitrogens with zero attached hydrogens (tertiary/aromatic N) is 2. The molecule has 0 radical (unpaired) electrons. The first-order valence-corrected chi connectivity index (χ1v) is 11.7. The van der Waals surface area contributed by atoms with Crippen LogP contribution in [-0.2, 0) is 16.0 Å². The molecule has 0 aliphatic carbocycles. The maximum atomic E-state index is 13.0. The second-order valence-electron chi connectivity index (χ2n) is 9.66. The number of piperidine rings is 1. The molecule has 1 fully saturated rings. The molecule has 1 aliphatic heterocycles. The summed E-state index contributed by atoms with van der Waals surface area (Å²) in [5.41, 5.74) is 2.23. The van der Waals surface area contributed by atoms with Crippen LogP contribution in [0.4, 0.5) is 4.79 Å². The van der Waals surface area contributed by atoms with Crippen molar-refractivity contribution >= 4 is 18.0 Å². The van der Waals surface area contributed by atoms with Gasteiger partial charge in [0.2, 0.25) is 5.91 Å². The number of carbonyl (C=O) groups is 3. The summed E-state index contributed by atoms with van der Waals surface area (Å²) in [6.45, 7) is 5.79. The molecule has 1 heterocycles. The number of nitriles is 1. The molecule has 0 saturated carbocycles. The van der Waals surface area contributed by atoms with Crippen LogP contribution in [0.5, 0.6) is 0 Å². The number of nitrogens with one attached hydrogen (secondary N) is 1. The van der Waals surface area contributed by atoms with Crippen LogP contribution in [0.1, 0.15) is 56.0 Å². The number of likely N-dealkylation sites (tertiary alicyclic amines) is 1. The number of carboxylic acid groups (broad SMARTS) is 1. The van der Waals surface area contributed by atoms with E-state index in [2.05, 4.69) is 11.4 Å². The fourth-order valence-corrected chi connectivity index (χ4v) is 4.01. The van der Waals surface area contributed by atoms with Gasteiger partial charge in [-0.1, -0.05) is 36.4 Å². The van der Waals surface area contributed by atoms with Crippen molar-refractivity contribution in [1.82, 2.24) is 10.2 Å². The Labute approximate surface area is 205 Å². The number of amides is 2. The quantitative estimate of drug-likeness (QED) is 0.637. The van der Waals surface area contributed by atoms with Crippen molar-refractivity contribution in [2.24, 2.45) is 0 Å². The Balaban J connectivity index is 1.63. The number of hydrogen-bond acceptors (Lipinski definition) is 5.